The van der Waals surface area contributed by atoms with Crippen LogP contribution in [-0.2, 0) is 0 Å². The molecule has 1 N–H and O–H groups in total. The lowest BCUT2D eigenvalue weighted by Gasteiger charge is -1.95. The summed E-state index contributed by atoms with van der Waals surface area (Å²) in [5.41, 5.74) is 2.87. The molecule has 0 aliphatic heterocycles. The molecule has 0 aliphatic rings. The number of aryl methyl sites for hydroxylation is 1. The molecule has 0 aromatic carbocycles. The lowest BCUT2D eigenvalue weighted by Crippen LogP contribution is -2.17. The number of carbonyl (C=O) groups is 1. The average molecular weight is 244 g/mol. The van der Waals surface area contributed by atoms with Crippen LogP contribution in [0, 0.1) is 6.92 Å². The lowest BCUT2D eigenvalue weighted by molar-refractivity contribution is 0.0953. The van der Waals surface area contributed by atoms with Crippen LogP contribution in [0.1, 0.15) is 21.9 Å². The van der Waals surface area contributed by atoms with E-state index in [1.165, 1.54) is 12.5 Å². The monoisotopic (exact) mass is 244 g/mol. The number of rotatable bonds is 4. The van der Waals surface area contributed by atoms with Crippen molar-refractivity contribution in [3.8, 4) is 0 Å². The van der Waals surface area contributed by atoms with Crippen molar-refractivity contribution in [3.05, 3.63) is 53.9 Å². The Morgan fingerprint density at radius 2 is 2.22 bits per heavy atom. The number of hydrazone groups is 1. The number of hydrogen-bond donors (Lipinski definition) is 1. The molecule has 2 aromatic heterocycles. The first-order valence-electron chi connectivity index (χ1n) is 5.35. The van der Waals surface area contributed by atoms with E-state index in [1.807, 2.05) is 6.07 Å². The largest absolute Gasteiger partial charge is 0.469 e. The minimum atomic E-state index is -0.302. The van der Waals surface area contributed by atoms with E-state index in [0.29, 0.717) is 11.3 Å². The van der Waals surface area contributed by atoms with Crippen molar-refractivity contribution < 1.29 is 13.6 Å². The number of nitrogens with zero attached hydrogens (tertiary/aromatic N) is 1. The molecule has 2 heterocycles. The third-order valence-electron chi connectivity index (χ3n) is 2.23. The normalized spacial score (nSPS) is 11.4. The topological polar surface area (TPSA) is 67.7 Å². The fourth-order valence-corrected chi connectivity index (χ4v) is 1.34. The quantitative estimate of drug-likeness (QED) is 0.664. The van der Waals surface area contributed by atoms with Gasteiger partial charge in [0, 0.05) is 6.21 Å². The van der Waals surface area contributed by atoms with Gasteiger partial charge in [-0.1, -0.05) is 0 Å². The van der Waals surface area contributed by atoms with Crippen LogP contribution in [0.3, 0.4) is 0 Å². The minimum Gasteiger partial charge on any atom is -0.469 e. The van der Waals surface area contributed by atoms with Crippen LogP contribution in [0.5, 0.6) is 0 Å². The van der Waals surface area contributed by atoms with Crippen molar-refractivity contribution in [3.63, 3.8) is 0 Å². The van der Waals surface area contributed by atoms with Crippen molar-refractivity contribution in [2.75, 3.05) is 0 Å². The van der Waals surface area contributed by atoms with Crippen LogP contribution in [-0.4, -0.2) is 12.1 Å². The zero-order chi connectivity index (χ0) is 12.8. The van der Waals surface area contributed by atoms with Gasteiger partial charge in [-0.25, -0.2) is 5.43 Å². The molecule has 0 atom stereocenters. The average Bonchev–Trinajstić information content (AvgIpc) is 2.99. The van der Waals surface area contributed by atoms with Crippen LogP contribution in [0.4, 0.5) is 0 Å². The third-order valence-corrected chi connectivity index (χ3v) is 2.23. The summed E-state index contributed by atoms with van der Waals surface area (Å²) in [6.07, 6.45) is 7.92. The van der Waals surface area contributed by atoms with E-state index < -0.39 is 0 Å². The Bertz CT molecular complexity index is 565. The molecule has 0 bridgehead atoms. The van der Waals surface area contributed by atoms with Crippen molar-refractivity contribution in [1.29, 1.82) is 0 Å². The number of allylic oxidation sites excluding steroid dienone is 1. The fourth-order valence-electron chi connectivity index (χ4n) is 1.34. The standard InChI is InChI=1S/C13H12N2O3/c1-10-12(6-9-17-10)13(16)15-14-7-2-4-11-5-3-8-18-11/h2-9H,1H3,(H,15,16)/b4-2+,14-7-. The van der Waals surface area contributed by atoms with Crippen LogP contribution in [0.25, 0.3) is 6.08 Å². The van der Waals surface area contributed by atoms with Crippen molar-refractivity contribution >= 4 is 18.2 Å². The van der Waals surface area contributed by atoms with E-state index in [4.69, 9.17) is 8.83 Å². The Balaban J connectivity index is 1.85. The van der Waals surface area contributed by atoms with Crippen LogP contribution in [0.2, 0.25) is 0 Å². The smallest absolute Gasteiger partial charge is 0.274 e. The van der Waals surface area contributed by atoms with Gasteiger partial charge in [-0.2, -0.15) is 5.10 Å². The summed E-state index contributed by atoms with van der Waals surface area (Å²) in [6.45, 7) is 1.72. The molecule has 0 saturated carbocycles. The van der Waals surface area contributed by atoms with Crippen molar-refractivity contribution in [2.24, 2.45) is 5.10 Å². The van der Waals surface area contributed by atoms with E-state index in [0.717, 1.165) is 5.76 Å². The van der Waals surface area contributed by atoms with Gasteiger partial charge in [-0.05, 0) is 37.3 Å². The van der Waals surface area contributed by atoms with Crippen LogP contribution >= 0.6 is 0 Å². The Morgan fingerprint density at radius 1 is 1.33 bits per heavy atom. The maximum Gasteiger partial charge on any atom is 0.274 e. The van der Waals surface area contributed by atoms with E-state index >= 15 is 0 Å². The molecule has 18 heavy (non-hydrogen) atoms. The van der Waals surface area contributed by atoms with Gasteiger partial charge >= 0.3 is 0 Å². The van der Waals surface area contributed by atoms with Gasteiger partial charge in [0.25, 0.3) is 5.91 Å². The SMILES string of the molecule is Cc1occc1C(=O)N/N=C\C=C\c1ccco1. The van der Waals surface area contributed by atoms with Gasteiger partial charge in [0.15, 0.2) is 0 Å². The maximum atomic E-state index is 11.6. The predicted octanol–water partition coefficient (Wildman–Crippen LogP) is 2.61. The van der Waals surface area contributed by atoms with E-state index in [2.05, 4.69) is 10.5 Å². The molecule has 2 rings (SSSR count). The molecular weight excluding hydrogens is 232 g/mol. The number of hydrogen-bond acceptors (Lipinski definition) is 4. The van der Waals surface area contributed by atoms with Gasteiger partial charge in [-0.15, -0.1) is 0 Å². The van der Waals surface area contributed by atoms with Crippen LogP contribution < -0.4 is 5.43 Å². The van der Waals surface area contributed by atoms with Crippen molar-refractivity contribution in [2.45, 2.75) is 6.92 Å². The highest BCUT2D eigenvalue weighted by Gasteiger charge is 2.09. The van der Waals surface area contributed by atoms with Gasteiger partial charge in [0.05, 0.1) is 18.1 Å². The summed E-state index contributed by atoms with van der Waals surface area (Å²) in [5, 5.41) is 3.77. The summed E-state index contributed by atoms with van der Waals surface area (Å²) in [5.74, 6) is 0.983. The van der Waals surface area contributed by atoms with E-state index in [1.54, 1.807) is 37.5 Å². The Kier molecular flexibility index (Phi) is 3.76. The molecule has 0 radical (unpaired) electrons. The predicted molar refractivity (Wildman–Crippen MR) is 67.1 cm³/mol. The summed E-state index contributed by atoms with van der Waals surface area (Å²) in [6, 6.07) is 5.21. The molecule has 0 spiro atoms. The zero-order valence-corrected chi connectivity index (χ0v) is 9.79. The first-order valence-corrected chi connectivity index (χ1v) is 5.35. The molecule has 0 aliphatic carbocycles. The molecule has 92 valence electrons. The molecule has 0 fully saturated rings. The van der Waals surface area contributed by atoms with Gasteiger partial charge < -0.3 is 8.83 Å². The molecular formula is C13H12N2O3. The number of furan rings is 2. The first-order chi connectivity index (χ1) is 8.77. The van der Waals surface area contributed by atoms with Crippen molar-refractivity contribution in [1.82, 2.24) is 5.43 Å². The van der Waals surface area contributed by atoms with E-state index in [-0.39, 0.29) is 5.91 Å². The highest BCUT2D eigenvalue weighted by Crippen LogP contribution is 2.07. The second-order valence-electron chi connectivity index (χ2n) is 3.48. The zero-order valence-electron chi connectivity index (χ0n) is 9.79. The minimum absolute atomic E-state index is 0.302. The highest BCUT2D eigenvalue weighted by molar-refractivity contribution is 5.95. The molecule has 0 saturated heterocycles. The summed E-state index contributed by atoms with van der Waals surface area (Å²) >= 11 is 0. The highest BCUT2D eigenvalue weighted by atomic mass is 16.3. The molecule has 2 aromatic rings. The molecule has 0 unspecified atom stereocenters. The summed E-state index contributed by atoms with van der Waals surface area (Å²) in [4.78, 5) is 11.6. The third kappa shape index (κ3) is 2.98. The second-order valence-corrected chi connectivity index (χ2v) is 3.48. The Hall–Kier alpha value is -2.56. The van der Waals surface area contributed by atoms with Gasteiger partial charge in [0.2, 0.25) is 0 Å². The van der Waals surface area contributed by atoms with Gasteiger partial charge in [-0.3, -0.25) is 4.79 Å². The Morgan fingerprint density at radius 3 is 2.89 bits per heavy atom. The summed E-state index contributed by atoms with van der Waals surface area (Å²) < 4.78 is 10.1. The summed E-state index contributed by atoms with van der Waals surface area (Å²) in [7, 11) is 0. The fraction of sp³-hybridized carbons (Fsp3) is 0.0769. The number of nitrogens with one attached hydrogen (secondary N) is 1. The number of carbonyl (C=O) groups excluding carboxylic acids is 1. The first kappa shape index (κ1) is 11.9. The second kappa shape index (κ2) is 5.67. The molecule has 5 heteroatoms. The molecule has 5 nitrogen and oxygen atoms in total. The maximum absolute atomic E-state index is 11.6. The Labute approximate surface area is 104 Å². The number of amides is 1. The van der Waals surface area contributed by atoms with Gasteiger partial charge in [0.1, 0.15) is 11.5 Å². The lowest BCUT2D eigenvalue weighted by atomic mass is 10.2. The van der Waals surface area contributed by atoms with Crippen LogP contribution in [0.15, 0.2) is 50.7 Å². The van der Waals surface area contributed by atoms with E-state index in [9.17, 15) is 4.79 Å². The molecule has 1 amide bonds.